The van der Waals surface area contributed by atoms with Gasteiger partial charge in [0.05, 0.1) is 28.5 Å². The van der Waals surface area contributed by atoms with Crippen LogP contribution in [0.4, 0.5) is 11.5 Å². The van der Waals surface area contributed by atoms with Gasteiger partial charge in [-0.05, 0) is 43.7 Å². The van der Waals surface area contributed by atoms with Gasteiger partial charge in [-0.25, -0.2) is 9.67 Å². The van der Waals surface area contributed by atoms with Gasteiger partial charge in [0, 0.05) is 26.9 Å². The number of fused-ring (bicyclic) bond motifs is 1. The lowest BCUT2D eigenvalue weighted by Gasteiger charge is -2.13. The van der Waals surface area contributed by atoms with Crippen molar-refractivity contribution < 1.29 is 9.53 Å². The molecular formula is C27H26N6O4S2. The van der Waals surface area contributed by atoms with E-state index >= 15 is 0 Å². The lowest BCUT2D eigenvalue weighted by molar-refractivity contribution is -0.113. The summed E-state index contributed by atoms with van der Waals surface area (Å²) < 4.78 is 9.96. The fourth-order valence-electron chi connectivity index (χ4n) is 4.40. The average molecular weight is 563 g/mol. The predicted molar refractivity (Wildman–Crippen MR) is 158 cm³/mol. The third kappa shape index (κ3) is 4.71. The minimum atomic E-state index is -0.479. The number of para-hydroxylation sites is 1. The van der Waals surface area contributed by atoms with E-state index in [1.165, 1.54) is 20.1 Å². The summed E-state index contributed by atoms with van der Waals surface area (Å²) in [6.45, 7) is 4.45. The zero-order valence-corrected chi connectivity index (χ0v) is 23.4. The Morgan fingerprint density at radius 3 is 2.54 bits per heavy atom. The highest BCUT2D eigenvalue weighted by molar-refractivity contribution is 8.27. The maximum atomic E-state index is 13.7. The second kappa shape index (κ2) is 10.6. The molecule has 12 heteroatoms. The fourth-order valence-corrected chi connectivity index (χ4v) is 5.65. The number of aromatic nitrogens is 4. The topological polar surface area (TPSA) is 103 Å². The van der Waals surface area contributed by atoms with Crippen LogP contribution >= 0.6 is 24.0 Å². The molecule has 1 N–H and O–H groups in total. The number of nitrogens with zero attached hydrogens (tertiary/aromatic N) is 5. The van der Waals surface area contributed by atoms with Crippen LogP contribution in [0, 0.1) is 13.8 Å². The number of thioether (sulfide) groups is 1. The van der Waals surface area contributed by atoms with E-state index in [1.54, 1.807) is 38.0 Å². The molecule has 0 unspecified atom stereocenters. The molecule has 1 saturated heterocycles. The average Bonchev–Trinajstić information content (AvgIpc) is 3.31. The Kier molecular flexibility index (Phi) is 7.25. The zero-order valence-electron chi connectivity index (χ0n) is 21.8. The van der Waals surface area contributed by atoms with Gasteiger partial charge in [-0.3, -0.25) is 28.4 Å². The number of hydrogen-bond donors (Lipinski definition) is 1. The summed E-state index contributed by atoms with van der Waals surface area (Å²) in [4.78, 5) is 46.9. The first-order chi connectivity index (χ1) is 18.7. The number of benzene rings is 1. The molecule has 1 aliphatic heterocycles. The SMILES string of the molecule is COCCNc1nc2ccc(C)cn2c(=O)c1C=C1SC(=S)N(c2c(C)n(C)n(-c3ccccc3)c2=O)C1=O. The minimum absolute atomic E-state index is 0.176. The van der Waals surface area contributed by atoms with E-state index in [0.717, 1.165) is 17.3 Å². The molecule has 1 amide bonds. The van der Waals surface area contributed by atoms with Crippen LogP contribution in [-0.2, 0) is 16.6 Å². The van der Waals surface area contributed by atoms with Crippen molar-refractivity contribution in [3.05, 3.63) is 91.1 Å². The molecule has 0 aliphatic carbocycles. The molecule has 0 radical (unpaired) electrons. The van der Waals surface area contributed by atoms with Crippen molar-refractivity contribution in [3.63, 3.8) is 0 Å². The van der Waals surface area contributed by atoms with Gasteiger partial charge < -0.3 is 10.1 Å². The lowest BCUT2D eigenvalue weighted by atomic mass is 10.2. The van der Waals surface area contributed by atoms with Crippen molar-refractivity contribution in [3.8, 4) is 5.69 Å². The van der Waals surface area contributed by atoms with E-state index in [2.05, 4.69) is 10.3 Å². The highest BCUT2D eigenvalue weighted by atomic mass is 32.2. The summed E-state index contributed by atoms with van der Waals surface area (Å²) in [5, 5.41) is 3.13. The minimum Gasteiger partial charge on any atom is -0.383 e. The summed E-state index contributed by atoms with van der Waals surface area (Å²) in [6, 6.07) is 12.8. The molecule has 0 spiro atoms. The van der Waals surface area contributed by atoms with Crippen LogP contribution in [0.15, 0.2) is 63.2 Å². The second-order valence-electron chi connectivity index (χ2n) is 8.96. The van der Waals surface area contributed by atoms with Crippen LogP contribution in [0.3, 0.4) is 0 Å². The summed E-state index contributed by atoms with van der Waals surface area (Å²) in [5.74, 6) is -0.152. The molecule has 10 nitrogen and oxygen atoms in total. The van der Waals surface area contributed by atoms with Gasteiger partial charge >= 0.3 is 0 Å². The third-order valence-corrected chi connectivity index (χ3v) is 7.72. The first-order valence-corrected chi connectivity index (χ1v) is 13.3. The van der Waals surface area contributed by atoms with Crippen molar-refractivity contribution in [2.24, 2.45) is 7.05 Å². The molecule has 3 aromatic heterocycles. The number of methoxy groups -OCH3 is 1. The van der Waals surface area contributed by atoms with Crippen molar-refractivity contribution in [1.82, 2.24) is 18.7 Å². The highest BCUT2D eigenvalue weighted by Gasteiger charge is 2.38. The summed E-state index contributed by atoms with van der Waals surface area (Å²) in [7, 11) is 3.33. The van der Waals surface area contributed by atoms with E-state index in [1.807, 2.05) is 43.3 Å². The van der Waals surface area contributed by atoms with Crippen molar-refractivity contribution >= 4 is 57.4 Å². The maximum absolute atomic E-state index is 13.7. The van der Waals surface area contributed by atoms with Crippen LogP contribution in [0.2, 0.25) is 0 Å². The molecule has 0 saturated carbocycles. The molecule has 1 aliphatic rings. The maximum Gasteiger partial charge on any atom is 0.296 e. The van der Waals surface area contributed by atoms with Crippen LogP contribution < -0.4 is 21.3 Å². The molecule has 39 heavy (non-hydrogen) atoms. The Labute approximate surface area is 233 Å². The monoisotopic (exact) mass is 562 g/mol. The summed E-state index contributed by atoms with van der Waals surface area (Å²) in [6.07, 6.45) is 3.19. The van der Waals surface area contributed by atoms with Crippen molar-refractivity contribution in [2.75, 3.05) is 30.5 Å². The quantitative estimate of drug-likeness (QED) is 0.208. The van der Waals surface area contributed by atoms with E-state index in [0.29, 0.717) is 36.0 Å². The number of thiocarbonyl (C=S) groups is 1. The Morgan fingerprint density at radius 2 is 1.82 bits per heavy atom. The predicted octanol–water partition coefficient (Wildman–Crippen LogP) is 3.26. The second-order valence-corrected chi connectivity index (χ2v) is 10.6. The van der Waals surface area contributed by atoms with Gasteiger partial charge in [0.1, 0.15) is 17.2 Å². The van der Waals surface area contributed by atoms with E-state index in [9.17, 15) is 14.4 Å². The standard InChI is InChI=1S/C27H26N6O4S2/c1-16-10-11-21-29-23(28-12-13-37-4)19(24(34)31(21)15-16)14-20-25(35)32(27(38)39-20)22-17(2)30(3)33(26(22)36)18-8-6-5-7-9-18/h5-11,14-15,28H,12-13H2,1-4H3. The van der Waals surface area contributed by atoms with Crippen LogP contribution in [0.1, 0.15) is 16.8 Å². The molecule has 4 aromatic rings. The normalized spacial score (nSPS) is 14.7. The van der Waals surface area contributed by atoms with E-state index in [4.69, 9.17) is 17.0 Å². The van der Waals surface area contributed by atoms with Crippen LogP contribution in [0.5, 0.6) is 0 Å². The molecule has 200 valence electrons. The molecular weight excluding hydrogens is 536 g/mol. The molecule has 1 fully saturated rings. The molecule has 0 bridgehead atoms. The van der Waals surface area contributed by atoms with Gasteiger partial charge in [0.25, 0.3) is 17.0 Å². The number of anilines is 2. The first kappa shape index (κ1) is 26.6. The van der Waals surface area contributed by atoms with Gasteiger partial charge in [-0.2, -0.15) is 0 Å². The highest BCUT2D eigenvalue weighted by Crippen LogP contribution is 2.36. The number of ether oxygens (including phenoxy) is 1. The Bertz CT molecular complexity index is 1770. The Hall–Kier alpha value is -4.00. The number of hydrogen-bond acceptors (Lipinski definition) is 8. The smallest absolute Gasteiger partial charge is 0.296 e. The van der Waals surface area contributed by atoms with Crippen LogP contribution in [0.25, 0.3) is 17.4 Å². The van der Waals surface area contributed by atoms with E-state index in [-0.39, 0.29) is 31.6 Å². The molecule has 0 atom stereocenters. The van der Waals surface area contributed by atoms with Gasteiger partial charge in [0.15, 0.2) is 4.32 Å². The van der Waals surface area contributed by atoms with E-state index < -0.39 is 5.91 Å². The van der Waals surface area contributed by atoms with Crippen LogP contribution in [-0.4, -0.2) is 49.2 Å². The van der Waals surface area contributed by atoms with Crippen molar-refractivity contribution in [2.45, 2.75) is 13.8 Å². The fraction of sp³-hybridized carbons (Fsp3) is 0.222. The number of amides is 1. The third-order valence-electron chi connectivity index (χ3n) is 6.42. The number of aryl methyl sites for hydroxylation is 1. The number of carbonyl (C=O) groups excluding carboxylic acids is 1. The molecule has 5 rings (SSSR count). The van der Waals surface area contributed by atoms with Gasteiger partial charge in [0.2, 0.25) is 0 Å². The largest absolute Gasteiger partial charge is 0.383 e. The number of pyridine rings is 1. The number of rotatable bonds is 7. The Balaban J connectivity index is 1.61. The molecule has 1 aromatic carbocycles. The van der Waals surface area contributed by atoms with Gasteiger partial charge in [-0.1, -0.05) is 48.2 Å². The molecule has 4 heterocycles. The lowest BCUT2D eigenvalue weighted by Crippen LogP contribution is -2.33. The summed E-state index contributed by atoms with van der Waals surface area (Å²) in [5.41, 5.74) is 2.27. The first-order valence-electron chi connectivity index (χ1n) is 12.1. The Morgan fingerprint density at radius 1 is 1.08 bits per heavy atom. The number of carbonyl (C=O) groups is 1. The number of nitrogens with one attached hydrogen (secondary N) is 1. The zero-order chi connectivity index (χ0) is 27.8. The summed E-state index contributed by atoms with van der Waals surface area (Å²) >= 11 is 6.60. The van der Waals surface area contributed by atoms with Gasteiger partial charge in [-0.15, -0.1) is 0 Å². The van der Waals surface area contributed by atoms with Crippen molar-refractivity contribution in [1.29, 1.82) is 0 Å².